The van der Waals surface area contributed by atoms with E-state index in [0.717, 1.165) is 48.9 Å². The van der Waals surface area contributed by atoms with Crippen LogP contribution in [0.5, 0.6) is 5.75 Å². The molecule has 7 nitrogen and oxygen atoms in total. The molecular formula is C25H29N5O2. The number of carbonyl (C=O) groups is 1. The van der Waals surface area contributed by atoms with Crippen LogP contribution in [-0.2, 0) is 11.2 Å². The van der Waals surface area contributed by atoms with Crippen LogP contribution in [-0.4, -0.2) is 67.4 Å². The van der Waals surface area contributed by atoms with E-state index in [1.54, 1.807) is 7.11 Å². The molecule has 0 atom stereocenters. The van der Waals surface area contributed by atoms with Crippen LogP contribution in [0.2, 0.25) is 0 Å². The zero-order chi connectivity index (χ0) is 22.2. The molecule has 1 N–H and O–H groups in total. The van der Waals surface area contributed by atoms with Crippen molar-refractivity contribution in [1.82, 2.24) is 20.4 Å². The minimum absolute atomic E-state index is 0.152. The van der Waals surface area contributed by atoms with Gasteiger partial charge in [-0.3, -0.25) is 4.79 Å². The maximum Gasteiger partial charge on any atom is 0.236 e. The lowest BCUT2D eigenvalue weighted by Gasteiger charge is -2.35. The second-order valence-electron chi connectivity index (χ2n) is 7.79. The first kappa shape index (κ1) is 21.8. The highest BCUT2D eigenvalue weighted by molar-refractivity contribution is 5.78. The molecule has 2 heterocycles. The van der Waals surface area contributed by atoms with E-state index < -0.39 is 0 Å². The second-order valence-corrected chi connectivity index (χ2v) is 7.79. The highest BCUT2D eigenvalue weighted by Gasteiger charge is 2.21. The monoisotopic (exact) mass is 431 g/mol. The molecule has 0 bridgehead atoms. The van der Waals surface area contributed by atoms with Crippen molar-refractivity contribution in [3.05, 3.63) is 72.3 Å². The fourth-order valence-electron chi connectivity index (χ4n) is 3.78. The van der Waals surface area contributed by atoms with Gasteiger partial charge in [0.1, 0.15) is 5.75 Å². The van der Waals surface area contributed by atoms with Crippen molar-refractivity contribution in [3.63, 3.8) is 0 Å². The highest BCUT2D eigenvalue weighted by Crippen LogP contribution is 2.22. The van der Waals surface area contributed by atoms with Crippen molar-refractivity contribution >= 4 is 11.7 Å². The number of carbonyl (C=O) groups excluding carboxylic acids is 1. The summed E-state index contributed by atoms with van der Waals surface area (Å²) in [5.74, 6) is 1.81. The van der Waals surface area contributed by atoms with E-state index in [2.05, 4.69) is 32.5 Å². The molecule has 1 saturated heterocycles. The molecule has 1 aliphatic rings. The Balaban J connectivity index is 1.22. The minimum atomic E-state index is 0.152. The summed E-state index contributed by atoms with van der Waals surface area (Å²) in [6.07, 6.45) is 0.924. The van der Waals surface area contributed by atoms with Crippen LogP contribution >= 0.6 is 0 Å². The van der Waals surface area contributed by atoms with Gasteiger partial charge in [-0.05, 0) is 54.9 Å². The van der Waals surface area contributed by atoms with Crippen molar-refractivity contribution < 1.29 is 9.53 Å². The third kappa shape index (κ3) is 5.62. The maximum absolute atomic E-state index is 12.5. The van der Waals surface area contributed by atoms with Gasteiger partial charge in [-0.15, -0.1) is 10.2 Å². The molecular weight excluding hydrogens is 402 g/mol. The molecule has 1 fully saturated rings. The number of aromatic nitrogens is 2. The van der Waals surface area contributed by atoms with Gasteiger partial charge in [-0.1, -0.05) is 30.3 Å². The number of nitrogens with one attached hydrogen (secondary N) is 1. The number of piperazine rings is 1. The Kier molecular flexibility index (Phi) is 7.30. The van der Waals surface area contributed by atoms with Crippen LogP contribution in [0.3, 0.4) is 0 Å². The number of nitrogens with zero attached hydrogens (tertiary/aromatic N) is 4. The Labute approximate surface area is 189 Å². The molecule has 0 radical (unpaired) electrons. The number of anilines is 1. The van der Waals surface area contributed by atoms with Crippen LogP contribution < -0.4 is 15.0 Å². The Morgan fingerprint density at radius 2 is 1.69 bits per heavy atom. The van der Waals surface area contributed by atoms with Gasteiger partial charge in [0, 0.05) is 31.7 Å². The van der Waals surface area contributed by atoms with E-state index in [9.17, 15) is 4.79 Å². The molecule has 2 aromatic carbocycles. The number of amides is 1. The van der Waals surface area contributed by atoms with Gasteiger partial charge in [-0.2, -0.15) is 0 Å². The third-order valence-electron chi connectivity index (χ3n) is 5.70. The average Bonchev–Trinajstić information content (AvgIpc) is 2.87. The van der Waals surface area contributed by atoms with E-state index in [1.807, 2.05) is 59.5 Å². The van der Waals surface area contributed by atoms with Gasteiger partial charge < -0.3 is 19.9 Å². The molecule has 0 aliphatic carbocycles. The molecule has 4 rings (SSSR count). The van der Waals surface area contributed by atoms with Crippen LogP contribution in [0.25, 0.3) is 11.3 Å². The zero-order valence-corrected chi connectivity index (χ0v) is 18.4. The normalized spacial score (nSPS) is 13.8. The summed E-state index contributed by atoms with van der Waals surface area (Å²) in [7, 11) is 1.65. The Morgan fingerprint density at radius 1 is 0.938 bits per heavy atom. The number of rotatable bonds is 8. The van der Waals surface area contributed by atoms with Crippen molar-refractivity contribution in [3.8, 4) is 17.0 Å². The second kappa shape index (κ2) is 10.7. The molecule has 0 unspecified atom stereocenters. The average molecular weight is 432 g/mol. The number of benzene rings is 2. The fourth-order valence-corrected chi connectivity index (χ4v) is 3.78. The quantitative estimate of drug-likeness (QED) is 0.553. The van der Waals surface area contributed by atoms with E-state index in [-0.39, 0.29) is 5.91 Å². The lowest BCUT2D eigenvalue weighted by atomic mass is 10.1. The predicted octanol–water partition coefficient (Wildman–Crippen LogP) is 2.63. The van der Waals surface area contributed by atoms with E-state index in [1.165, 1.54) is 5.56 Å². The third-order valence-corrected chi connectivity index (χ3v) is 5.70. The van der Waals surface area contributed by atoms with Gasteiger partial charge in [0.15, 0.2) is 5.82 Å². The predicted molar refractivity (Wildman–Crippen MR) is 126 cm³/mol. The summed E-state index contributed by atoms with van der Waals surface area (Å²) in [4.78, 5) is 16.6. The summed E-state index contributed by atoms with van der Waals surface area (Å²) < 4.78 is 5.20. The SMILES string of the molecule is COc1ccc(-c2ccc(N3CCN(C(=O)CNCCc4ccccc4)CC3)nn2)cc1. The van der Waals surface area contributed by atoms with Crippen molar-refractivity contribution in [2.45, 2.75) is 6.42 Å². The molecule has 7 heteroatoms. The summed E-state index contributed by atoms with van der Waals surface area (Å²) in [5.41, 5.74) is 3.10. The van der Waals surface area contributed by atoms with Gasteiger partial charge in [0.25, 0.3) is 0 Å². The fraction of sp³-hybridized carbons (Fsp3) is 0.320. The van der Waals surface area contributed by atoms with E-state index >= 15 is 0 Å². The van der Waals surface area contributed by atoms with Crippen molar-refractivity contribution in [1.29, 1.82) is 0 Å². The molecule has 0 saturated carbocycles. The van der Waals surface area contributed by atoms with Gasteiger partial charge in [0.2, 0.25) is 5.91 Å². The Morgan fingerprint density at radius 3 is 2.34 bits per heavy atom. The summed E-state index contributed by atoms with van der Waals surface area (Å²) in [5, 5.41) is 12.1. The van der Waals surface area contributed by atoms with Crippen LogP contribution in [0, 0.1) is 0 Å². The minimum Gasteiger partial charge on any atom is -0.497 e. The topological polar surface area (TPSA) is 70.6 Å². The lowest BCUT2D eigenvalue weighted by molar-refractivity contribution is -0.130. The van der Waals surface area contributed by atoms with Crippen LogP contribution in [0.1, 0.15) is 5.56 Å². The Hall–Kier alpha value is -3.45. The first-order valence-electron chi connectivity index (χ1n) is 11.0. The molecule has 3 aromatic rings. The van der Waals surface area contributed by atoms with Gasteiger partial charge >= 0.3 is 0 Å². The number of methoxy groups -OCH3 is 1. The molecule has 166 valence electrons. The highest BCUT2D eigenvalue weighted by atomic mass is 16.5. The zero-order valence-electron chi connectivity index (χ0n) is 18.4. The van der Waals surface area contributed by atoms with Gasteiger partial charge in [0.05, 0.1) is 19.3 Å². The van der Waals surface area contributed by atoms with Crippen LogP contribution in [0.15, 0.2) is 66.7 Å². The lowest BCUT2D eigenvalue weighted by Crippen LogP contribution is -2.51. The summed E-state index contributed by atoms with van der Waals surface area (Å²) in [6.45, 7) is 4.08. The summed E-state index contributed by atoms with van der Waals surface area (Å²) in [6, 6.07) is 22.1. The van der Waals surface area contributed by atoms with Crippen LogP contribution in [0.4, 0.5) is 5.82 Å². The maximum atomic E-state index is 12.5. The molecule has 1 amide bonds. The summed E-state index contributed by atoms with van der Waals surface area (Å²) >= 11 is 0. The van der Waals surface area contributed by atoms with Crippen molar-refractivity contribution in [2.75, 3.05) is 51.3 Å². The Bertz CT molecular complexity index is 985. The molecule has 32 heavy (non-hydrogen) atoms. The van der Waals surface area contributed by atoms with E-state index in [0.29, 0.717) is 19.6 Å². The first-order valence-corrected chi connectivity index (χ1v) is 11.0. The largest absolute Gasteiger partial charge is 0.497 e. The standard InChI is InChI=1S/C25H29N5O2/c1-32-22-9-7-21(8-10-22)23-11-12-24(28-27-23)29-15-17-30(18-16-29)25(31)19-26-14-13-20-5-3-2-4-6-20/h2-12,26H,13-19H2,1H3. The first-order chi connectivity index (χ1) is 15.7. The smallest absolute Gasteiger partial charge is 0.236 e. The number of hydrogen-bond donors (Lipinski definition) is 1. The van der Waals surface area contributed by atoms with E-state index in [4.69, 9.17) is 4.74 Å². The number of ether oxygens (including phenoxy) is 1. The van der Waals surface area contributed by atoms with Crippen molar-refractivity contribution in [2.24, 2.45) is 0 Å². The molecule has 1 aliphatic heterocycles. The number of hydrogen-bond acceptors (Lipinski definition) is 6. The molecule has 1 aromatic heterocycles. The molecule has 0 spiro atoms. The van der Waals surface area contributed by atoms with Gasteiger partial charge in [-0.25, -0.2) is 0 Å².